The predicted molar refractivity (Wildman–Crippen MR) is 63.6 cm³/mol. The van der Waals surface area contributed by atoms with Gasteiger partial charge in [0, 0.05) is 6.20 Å². The van der Waals surface area contributed by atoms with Crippen LogP contribution in [0.3, 0.4) is 0 Å². The highest BCUT2D eigenvalue weighted by atomic mass is 16.5. The molecule has 0 saturated carbocycles. The van der Waals surface area contributed by atoms with E-state index < -0.39 is 11.9 Å². The summed E-state index contributed by atoms with van der Waals surface area (Å²) in [4.78, 5) is 37.2. The van der Waals surface area contributed by atoms with Crippen molar-refractivity contribution in [2.75, 3.05) is 6.61 Å². The number of rotatable bonds is 4. The van der Waals surface area contributed by atoms with Crippen LogP contribution >= 0.6 is 0 Å². The minimum atomic E-state index is -1.16. The minimum Gasteiger partial charge on any atom is -0.478 e. The van der Waals surface area contributed by atoms with Crippen LogP contribution < -0.4 is 0 Å². The first-order chi connectivity index (χ1) is 9.08. The lowest BCUT2D eigenvalue weighted by Gasteiger charge is -1.98. The summed E-state index contributed by atoms with van der Waals surface area (Å²) in [6.45, 7) is 1.75. The molecule has 0 bridgehead atoms. The van der Waals surface area contributed by atoms with Crippen molar-refractivity contribution >= 4 is 23.4 Å². The van der Waals surface area contributed by atoms with Crippen LogP contribution in [0.1, 0.15) is 27.8 Å². The van der Waals surface area contributed by atoms with Gasteiger partial charge in [0.1, 0.15) is 5.65 Å². The minimum absolute atomic E-state index is 0.0507. The maximum Gasteiger partial charge on any atom is 0.361 e. The molecular formula is C11H9N3O5. The quantitative estimate of drug-likeness (QED) is 0.662. The van der Waals surface area contributed by atoms with E-state index in [2.05, 4.69) is 10.2 Å². The van der Waals surface area contributed by atoms with Crippen molar-refractivity contribution in [2.45, 2.75) is 6.92 Å². The summed E-state index contributed by atoms with van der Waals surface area (Å²) in [6.07, 6.45) is 1.17. The number of pyridine rings is 1. The first-order valence-corrected chi connectivity index (χ1v) is 5.34. The van der Waals surface area contributed by atoms with Gasteiger partial charge in [0.2, 0.25) is 5.82 Å². The number of fused-ring (bicyclic) bond motifs is 1. The fourth-order valence-electron chi connectivity index (χ4n) is 1.58. The third-order valence-electron chi connectivity index (χ3n) is 2.40. The number of aromatic nitrogens is 2. The molecule has 8 nitrogen and oxygen atoms in total. The molecule has 0 amide bonds. The van der Waals surface area contributed by atoms with Gasteiger partial charge in [-0.25, -0.2) is 14.6 Å². The van der Waals surface area contributed by atoms with E-state index in [0.29, 0.717) is 0 Å². The summed E-state index contributed by atoms with van der Waals surface area (Å²) < 4.78 is 5.89. The van der Waals surface area contributed by atoms with Crippen molar-refractivity contribution in [3.63, 3.8) is 0 Å². The van der Waals surface area contributed by atoms with Crippen LogP contribution in [0, 0.1) is 4.91 Å². The lowest BCUT2D eigenvalue weighted by molar-refractivity contribution is 0.0521. The lowest BCUT2D eigenvalue weighted by Crippen LogP contribution is -2.05. The van der Waals surface area contributed by atoms with Gasteiger partial charge in [-0.05, 0) is 24.2 Å². The third kappa shape index (κ3) is 2.15. The van der Waals surface area contributed by atoms with E-state index in [-0.39, 0.29) is 29.3 Å². The molecular weight excluding hydrogens is 254 g/mol. The number of hydrogen-bond donors (Lipinski definition) is 1. The van der Waals surface area contributed by atoms with Gasteiger partial charge in [-0.1, -0.05) is 0 Å². The highest BCUT2D eigenvalue weighted by molar-refractivity contribution is 5.94. The topological polar surface area (TPSA) is 110 Å². The van der Waals surface area contributed by atoms with E-state index in [9.17, 15) is 14.5 Å². The van der Waals surface area contributed by atoms with Crippen molar-refractivity contribution in [3.05, 3.63) is 34.5 Å². The molecule has 0 aromatic carbocycles. The zero-order chi connectivity index (χ0) is 14.0. The molecule has 0 spiro atoms. The average molecular weight is 263 g/mol. The van der Waals surface area contributed by atoms with Crippen molar-refractivity contribution < 1.29 is 19.4 Å². The zero-order valence-electron chi connectivity index (χ0n) is 9.86. The number of imidazole rings is 1. The number of nitrogens with zero attached hydrogens (tertiary/aromatic N) is 3. The molecule has 98 valence electrons. The first kappa shape index (κ1) is 12.7. The fourth-order valence-corrected chi connectivity index (χ4v) is 1.58. The number of carbonyl (C=O) groups is 2. The molecule has 2 rings (SSSR count). The Balaban J connectivity index is 2.64. The van der Waals surface area contributed by atoms with E-state index in [1.54, 1.807) is 6.92 Å². The summed E-state index contributed by atoms with van der Waals surface area (Å²) in [5.41, 5.74) is -0.0488. The van der Waals surface area contributed by atoms with Crippen LogP contribution in [0.4, 0.5) is 5.82 Å². The van der Waals surface area contributed by atoms with E-state index in [0.717, 1.165) is 4.40 Å². The molecule has 0 aliphatic rings. The number of nitroso groups, excluding NO2 is 1. The smallest absolute Gasteiger partial charge is 0.361 e. The Hall–Kier alpha value is -2.77. The number of carbonyl (C=O) groups excluding carboxylic acids is 1. The average Bonchev–Trinajstić information content (AvgIpc) is 2.76. The summed E-state index contributed by atoms with van der Waals surface area (Å²) in [6, 6.07) is 2.69. The Bertz CT molecular complexity index is 676. The Labute approximate surface area is 106 Å². The number of hydrogen-bond acceptors (Lipinski definition) is 6. The van der Waals surface area contributed by atoms with Crippen molar-refractivity contribution in [1.29, 1.82) is 0 Å². The maximum atomic E-state index is 11.6. The van der Waals surface area contributed by atoms with E-state index >= 15 is 0 Å². The van der Waals surface area contributed by atoms with Gasteiger partial charge in [0.05, 0.1) is 12.2 Å². The van der Waals surface area contributed by atoms with Gasteiger partial charge < -0.3 is 9.84 Å². The van der Waals surface area contributed by atoms with Gasteiger partial charge in [0.15, 0.2) is 5.69 Å². The Morgan fingerprint density at radius 1 is 1.47 bits per heavy atom. The number of carboxylic acids is 1. The second kappa shape index (κ2) is 4.84. The molecule has 0 unspecified atom stereocenters. The molecule has 2 heterocycles. The molecule has 1 N–H and O–H groups in total. The van der Waals surface area contributed by atoms with Crippen LogP contribution in [-0.4, -0.2) is 33.0 Å². The van der Waals surface area contributed by atoms with Gasteiger partial charge in [0.25, 0.3) is 0 Å². The third-order valence-corrected chi connectivity index (χ3v) is 2.40. The molecule has 0 radical (unpaired) electrons. The molecule has 2 aromatic heterocycles. The Kier molecular flexibility index (Phi) is 3.23. The summed E-state index contributed by atoms with van der Waals surface area (Å²) in [5, 5.41) is 11.6. The van der Waals surface area contributed by atoms with Crippen molar-refractivity contribution in [1.82, 2.24) is 9.38 Å². The Morgan fingerprint density at radius 3 is 2.79 bits per heavy atom. The van der Waals surface area contributed by atoms with Crippen LogP contribution in [-0.2, 0) is 4.74 Å². The number of carboxylic acid groups (broad SMARTS) is 1. The first-order valence-electron chi connectivity index (χ1n) is 5.34. The highest BCUT2D eigenvalue weighted by Crippen LogP contribution is 2.22. The number of ether oxygens (including phenoxy) is 1. The van der Waals surface area contributed by atoms with E-state index in [4.69, 9.17) is 9.84 Å². The van der Waals surface area contributed by atoms with Gasteiger partial charge >= 0.3 is 11.9 Å². The maximum absolute atomic E-state index is 11.6. The largest absolute Gasteiger partial charge is 0.478 e. The zero-order valence-corrected chi connectivity index (χ0v) is 9.86. The van der Waals surface area contributed by atoms with Gasteiger partial charge in [-0.2, -0.15) is 0 Å². The second-order valence-electron chi connectivity index (χ2n) is 3.55. The van der Waals surface area contributed by atoms with Crippen LogP contribution in [0.25, 0.3) is 5.65 Å². The summed E-state index contributed by atoms with van der Waals surface area (Å²) in [5.74, 6) is -2.22. The predicted octanol–water partition coefficient (Wildman–Crippen LogP) is 1.61. The Morgan fingerprint density at radius 2 is 2.21 bits per heavy atom. The normalized spacial score (nSPS) is 10.4. The van der Waals surface area contributed by atoms with Crippen molar-refractivity contribution in [3.8, 4) is 0 Å². The highest BCUT2D eigenvalue weighted by Gasteiger charge is 2.21. The molecule has 19 heavy (non-hydrogen) atoms. The molecule has 0 aliphatic heterocycles. The molecule has 0 fully saturated rings. The van der Waals surface area contributed by atoms with Crippen LogP contribution in [0.5, 0.6) is 0 Å². The van der Waals surface area contributed by atoms with Crippen molar-refractivity contribution in [2.24, 2.45) is 5.18 Å². The molecule has 0 atom stereocenters. The SMILES string of the molecule is CCOC(=O)c1nc2ccc(C(=O)O)cn2c1N=O. The number of esters is 1. The monoisotopic (exact) mass is 263 g/mol. The molecule has 8 heteroatoms. The molecule has 2 aromatic rings. The van der Waals surface area contributed by atoms with E-state index in [1.807, 2.05) is 0 Å². The lowest BCUT2D eigenvalue weighted by atomic mass is 10.3. The summed E-state index contributed by atoms with van der Waals surface area (Å²) >= 11 is 0. The van der Waals surface area contributed by atoms with Crippen LogP contribution in [0.15, 0.2) is 23.5 Å². The standard InChI is InChI=1S/C11H9N3O5/c1-2-19-11(17)8-9(13-18)14-5-6(10(15)16)3-4-7(14)12-8/h3-5H,2H2,1H3,(H,15,16). The van der Waals surface area contributed by atoms with Gasteiger partial charge in [-0.15, -0.1) is 4.91 Å². The van der Waals surface area contributed by atoms with Gasteiger partial charge in [-0.3, -0.25) is 4.40 Å². The van der Waals surface area contributed by atoms with Crippen LogP contribution in [0.2, 0.25) is 0 Å². The second-order valence-corrected chi connectivity index (χ2v) is 3.55. The summed E-state index contributed by atoms with van der Waals surface area (Å²) in [7, 11) is 0. The van der Waals surface area contributed by atoms with E-state index in [1.165, 1.54) is 18.3 Å². The molecule has 0 saturated heterocycles. The fraction of sp³-hybridized carbons (Fsp3) is 0.182. The number of aromatic carboxylic acids is 1. The molecule has 0 aliphatic carbocycles.